The minimum atomic E-state index is -0.0421. The van der Waals surface area contributed by atoms with Gasteiger partial charge in [0.25, 0.3) is 0 Å². The molecular formula is C10H14Br2N2. The molecular weight excluding hydrogens is 308 g/mol. The lowest BCUT2D eigenvalue weighted by atomic mass is 9.84. The molecule has 2 nitrogen and oxygen atoms in total. The average Bonchev–Trinajstić information content (AvgIpc) is 2.17. The summed E-state index contributed by atoms with van der Waals surface area (Å²) in [5.41, 5.74) is 6.77. The van der Waals surface area contributed by atoms with Gasteiger partial charge in [0.1, 0.15) is 0 Å². The van der Waals surface area contributed by atoms with E-state index in [0.717, 1.165) is 21.1 Å². The van der Waals surface area contributed by atoms with Gasteiger partial charge in [-0.3, -0.25) is 4.98 Å². The van der Waals surface area contributed by atoms with E-state index >= 15 is 0 Å². The van der Waals surface area contributed by atoms with E-state index in [0.29, 0.717) is 6.54 Å². The van der Waals surface area contributed by atoms with Gasteiger partial charge in [-0.25, -0.2) is 0 Å². The van der Waals surface area contributed by atoms with Crippen LogP contribution in [-0.4, -0.2) is 11.5 Å². The van der Waals surface area contributed by atoms with Gasteiger partial charge < -0.3 is 5.73 Å². The molecule has 0 bridgehead atoms. The molecule has 1 heterocycles. The Morgan fingerprint density at radius 3 is 2.57 bits per heavy atom. The first-order valence-electron chi connectivity index (χ1n) is 4.55. The summed E-state index contributed by atoms with van der Waals surface area (Å²) < 4.78 is 1.99. The second-order valence-electron chi connectivity index (χ2n) is 3.60. The number of rotatable bonds is 3. The SMILES string of the molecule is CCC(C)(CN)c1ncc(Br)cc1Br. The Labute approximate surface area is 102 Å². The van der Waals surface area contributed by atoms with Crippen molar-refractivity contribution in [1.82, 2.24) is 4.98 Å². The third kappa shape index (κ3) is 2.35. The molecule has 4 heteroatoms. The first kappa shape index (κ1) is 12.1. The van der Waals surface area contributed by atoms with Gasteiger partial charge in [-0.2, -0.15) is 0 Å². The van der Waals surface area contributed by atoms with E-state index in [2.05, 4.69) is 50.7 Å². The van der Waals surface area contributed by atoms with Gasteiger partial charge in [-0.05, 0) is 44.3 Å². The monoisotopic (exact) mass is 320 g/mol. The highest BCUT2D eigenvalue weighted by molar-refractivity contribution is 9.11. The van der Waals surface area contributed by atoms with Crippen LogP contribution < -0.4 is 5.73 Å². The Balaban J connectivity index is 3.17. The standard InChI is InChI=1S/C10H14Br2N2/c1-3-10(2,6-13)9-8(12)4-7(11)5-14-9/h4-5H,3,6,13H2,1-2H3. The van der Waals surface area contributed by atoms with Crippen molar-refractivity contribution in [3.63, 3.8) is 0 Å². The minimum Gasteiger partial charge on any atom is -0.330 e. The van der Waals surface area contributed by atoms with Crippen molar-refractivity contribution in [2.24, 2.45) is 5.73 Å². The zero-order chi connectivity index (χ0) is 10.8. The maximum Gasteiger partial charge on any atom is 0.0617 e. The molecule has 0 aromatic carbocycles. The van der Waals surface area contributed by atoms with Gasteiger partial charge in [-0.15, -0.1) is 0 Å². The molecule has 0 aliphatic heterocycles. The summed E-state index contributed by atoms with van der Waals surface area (Å²) >= 11 is 6.90. The molecule has 78 valence electrons. The van der Waals surface area contributed by atoms with Crippen LogP contribution in [0.4, 0.5) is 0 Å². The van der Waals surface area contributed by atoms with Gasteiger partial charge in [0.15, 0.2) is 0 Å². The van der Waals surface area contributed by atoms with E-state index in [9.17, 15) is 0 Å². The summed E-state index contributed by atoms with van der Waals surface area (Å²) in [6.07, 6.45) is 2.79. The molecule has 1 unspecified atom stereocenters. The van der Waals surface area contributed by atoms with Crippen molar-refractivity contribution >= 4 is 31.9 Å². The third-order valence-electron chi connectivity index (χ3n) is 2.61. The number of hydrogen-bond donors (Lipinski definition) is 1. The maximum atomic E-state index is 5.78. The van der Waals surface area contributed by atoms with Crippen LogP contribution in [0.2, 0.25) is 0 Å². The number of pyridine rings is 1. The maximum absolute atomic E-state index is 5.78. The van der Waals surface area contributed by atoms with Crippen LogP contribution in [0.15, 0.2) is 21.2 Å². The summed E-state index contributed by atoms with van der Waals surface area (Å²) in [6, 6.07) is 2.01. The van der Waals surface area contributed by atoms with Gasteiger partial charge in [0.2, 0.25) is 0 Å². The largest absolute Gasteiger partial charge is 0.330 e. The fraction of sp³-hybridized carbons (Fsp3) is 0.500. The van der Waals surface area contributed by atoms with Crippen molar-refractivity contribution in [3.05, 3.63) is 26.9 Å². The highest BCUT2D eigenvalue weighted by Crippen LogP contribution is 2.31. The molecule has 0 aliphatic rings. The number of nitrogens with two attached hydrogens (primary N) is 1. The topological polar surface area (TPSA) is 38.9 Å². The molecule has 0 saturated carbocycles. The summed E-state index contributed by atoms with van der Waals surface area (Å²) in [5.74, 6) is 0. The highest BCUT2D eigenvalue weighted by Gasteiger charge is 2.26. The lowest BCUT2D eigenvalue weighted by molar-refractivity contribution is 0.451. The van der Waals surface area contributed by atoms with E-state index in [1.807, 2.05) is 12.3 Å². The predicted octanol–water partition coefficient (Wildman–Crippen LogP) is 3.23. The first-order valence-corrected chi connectivity index (χ1v) is 6.13. The Morgan fingerprint density at radius 2 is 2.14 bits per heavy atom. The van der Waals surface area contributed by atoms with Gasteiger partial charge >= 0.3 is 0 Å². The molecule has 1 aromatic heterocycles. The molecule has 0 aliphatic carbocycles. The fourth-order valence-electron chi connectivity index (χ4n) is 1.27. The van der Waals surface area contributed by atoms with Crippen LogP contribution in [0.25, 0.3) is 0 Å². The summed E-state index contributed by atoms with van der Waals surface area (Å²) in [7, 11) is 0. The molecule has 0 radical (unpaired) electrons. The molecule has 0 fully saturated rings. The van der Waals surface area contributed by atoms with Crippen LogP contribution in [0.3, 0.4) is 0 Å². The lowest BCUT2D eigenvalue weighted by Crippen LogP contribution is -2.32. The molecule has 2 N–H and O–H groups in total. The van der Waals surface area contributed by atoms with Crippen molar-refractivity contribution in [3.8, 4) is 0 Å². The number of hydrogen-bond acceptors (Lipinski definition) is 2. The molecule has 1 rings (SSSR count). The van der Waals surface area contributed by atoms with Crippen LogP contribution >= 0.6 is 31.9 Å². The highest BCUT2D eigenvalue weighted by atomic mass is 79.9. The van der Waals surface area contributed by atoms with Gasteiger partial charge in [0, 0.05) is 27.1 Å². The Morgan fingerprint density at radius 1 is 1.50 bits per heavy atom. The molecule has 0 amide bonds. The summed E-state index contributed by atoms with van der Waals surface area (Å²) in [4.78, 5) is 4.42. The molecule has 1 aromatic rings. The van der Waals surface area contributed by atoms with Gasteiger partial charge in [-0.1, -0.05) is 13.8 Å². The van der Waals surface area contributed by atoms with Crippen LogP contribution in [0, 0.1) is 0 Å². The second-order valence-corrected chi connectivity index (χ2v) is 5.37. The first-order chi connectivity index (χ1) is 6.53. The van der Waals surface area contributed by atoms with E-state index in [1.165, 1.54) is 0 Å². The van der Waals surface area contributed by atoms with E-state index < -0.39 is 0 Å². The number of halogens is 2. The zero-order valence-electron chi connectivity index (χ0n) is 8.35. The van der Waals surface area contributed by atoms with Crippen LogP contribution in [0.1, 0.15) is 26.0 Å². The Bertz CT molecular complexity index is 322. The van der Waals surface area contributed by atoms with Crippen LogP contribution in [0.5, 0.6) is 0 Å². The zero-order valence-corrected chi connectivity index (χ0v) is 11.5. The smallest absolute Gasteiger partial charge is 0.0617 e. The van der Waals surface area contributed by atoms with Crippen molar-refractivity contribution in [1.29, 1.82) is 0 Å². The minimum absolute atomic E-state index is 0.0421. The number of aromatic nitrogens is 1. The quantitative estimate of drug-likeness (QED) is 0.928. The van der Waals surface area contributed by atoms with Crippen LogP contribution in [-0.2, 0) is 5.41 Å². The van der Waals surface area contributed by atoms with E-state index in [-0.39, 0.29) is 5.41 Å². The van der Waals surface area contributed by atoms with Gasteiger partial charge in [0.05, 0.1) is 5.69 Å². The van der Waals surface area contributed by atoms with Crippen molar-refractivity contribution < 1.29 is 0 Å². The summed E-state index contributed by atoms with van der Waals surface area (Å²) in [5, 5.41) is 0. The Hall–Kier alpha value is 0.0700. The molecule has 0 saturated heterocycles. The predicted molar refractivity (Wildman–Crippen MR) is 66.3 cm³/mol. The summed E-state index contributed by atoms with van der Waals surface area (Å²) in [6.45, 7) is 4.87. The van der Waals surface area contributed by atoms with Crippen molar-refractivity contribution in [2.75, 3.05) is 6.54 Å². The third-order valence-corrected chi connectivity index (χ3v) is 3.65. The second kappa shape index (κ2) is 4.73. The molecule has 14 heavy (non-hydrogen) atoms. The normalized spacial score (nSPS) is 15.2. The molecule has 0 spiro atoms. The Kier molecular flexibility index (Phi) is 4.10. The lowest BCUT2D eigenvalue weighted by Gasteiger charge is -2.26. The van der Waals surface area contributed by atoms with E-state index in [1.54, 1.807) is 0 Å². The van der Waals surface area contributed by atoms with Crippen molar-refractivity contribution in [2.45, 2.75) is 25.7 Å². The average molecular weight is 322 g/mol. The van der Waals surface area contributed by atoms with E-state index in [4.69, 9.17) is 5.73 Å². The fourth-order valence-corrected chi connectivity index (χ4v) is 2.73. The number of nitrogens with zero attached hydrogens (tertiary/aromatic N) is 1. The molecule has 1 atom stereocenters.